The van der Waals surface area contributed by atoms with E-state index in [1.54, 1.807) is 18.6 Å². The molecule has 5 aromatic heterocycles. The highest BCUT2D eigenvalue weighted by molar-refractivity contribution is 5.95. The van der Waals surface area contributed by atoms with E-state index in [0.717, 1.165) is 46.3 Å². The molecule has 0 unspecified atom stereocenters. The van der Waals surface area contributed by atoms with Crippen LogP contribution in [0.4, 0.5) is 5.69 Å². The molecular weight excluding hydrogens is 512 g/mol. The van der Waals surface area contributed by atoms with E-state index in [1.807, 2.05) is 30.3 Å². The number of carbonyl (C=O) groups is 1. The van der Waals surface area contributed by atoms with Gasteiger partial charge in [0.1, 0.15) is 5.52 Å². The van der Waals surface area contributed by atoms with Gasteiger partial charge in [-0.1, -0.05) is 49.1 Å². The maximum Gasteiger partial charge on any atom is 0.224 e. The van der Waals surface area contributed by atoms with Crippen LogP contribution in [-0.4, -0.2) is 41.0 Å². The van der Waals surface area contributed by atoms with Crippen molar-refractivity contribution in [2.45, 2.75) is 45.4 Å². The van der Waals surface area contributed by atoms with E-state index in [4.69, 9.17) is 9.97 Å². The number of nitrogens with zero attached hydrogens (tertiary/aromatic N) is 5. The predicted octanol–water partition coefficient (Wildman–Crippen LogP) is 6.84. The Kier molecular flexibility index (Phi) is 6.47. The summed E-state index contributed by atoms with van der Waals surface area (Å²) in [6.07, 6.45) is 11.8. The molecule has 0 aliphatic heterocycles. The first-order chi connectivity index (χ1) is 20.1. The van der Waals surface area contributed by atoms with Crippen molar-refractivity contribution >= 4 is 33.8 Å². The predicted molar refractivity (Wildman–Crippen MR) is 160 cm³/mol. The van der Waals surface area contributed by atoms with Gasteiger partial charge in [0.25, 0.3) is 0 Å². The Hall–Kier alpha value is -4.92. The van der Waals surface area contributed by atoms with Gasteiger partial charge in [0.2, 0.25) is 5.91 Å². The lowest BCUT2D eigenvalue weighted by Gasteiger charge is -2.20. The lowest BCUT2D eigenvalue weighted by atomic mass is 9.87. The number of carbonyl (C=O) groups excluding carboxylic acids is 1. The van der Waals surface area contributed by atoms with Crippen LogP contribution >= 0.6 is 0 Å². The van der Waals surface area contributed by atoms with Crippen molar-refractivity contribution in [1.29, 1.82) is 0 Å². The zero-order chi connectivity index (χ0) is 27.8. The number of aryl methyl sites for hydroxylation is 1. The average molecular weight is 543 g/mol. The topological polar surface area (TPSA) is 125 Å². The van der Waals surface area contributed by atoms with Crippen LogP contribution in [0.3, 0.4) is 0 Å². The molecule has 1 aliphatic carbocycles. The average Bonchev–Trinajstić information content (AvgIpc) is 3.61. The van der Waals surface area contributed by atoms with Gasteiger partial charge < -0.3 is 10.3 Å². The van der Waals surface area contributed by atoms with Crippen molar-refractivity contribution < 1.29 is 4.79 Å². The van der Waals surface area contributed by atoms with E-state index < -0.39 is 0 Å². The van der Waals surface area contributed by atoms with E-state index in [0.29, 0.717) is 40.7 Å². The molecule has 1 aliphatic rings. The molecule has 0 spiro atoms. The Morgan fingerprint density at radius 2 is 1.90 bits per heavy atom. The van der Waals surface area contributed by atoms with E-state index >= 15 is 0 Å². The molecule has 0 radical (unpaired) electrons. The smallest absolute Gasteiger partial charge is 0.224 e. The number of hydrogen-bond acceptors (Lipinski definition) is 6. The Morgan fingerprint density at radius 3 is 2.78 bits per heavy atom. The Bertz CT molecular complexity index is 1880. The van der Waals surface area contributed by atoms with E-state index in [1.165, 1.54) is 24.8 Å². The highest BCUT2D eigenvalue weighted by Gasteiger charge is 2.19. The normalized spacial score (nSPS) is 14.1. The summed E-state index contributed by atoms with van der Waals surface area (Å²) in [7, 11) is 0. The number of pyridine rings is 3. The fraction of sp³-hybridized carbons (Fsp3) is 0.250. The zero-order valence-corrected chi connectivity index (χ0v) is 22.8. The number of imidazole rings is 1. The number of aromatic nitrogens is 7. The van der Waals surface area contributed by atoms with Gasteiger partial charge >= 0.3 is 0 Å². The second-order valence-corrected chi connectivity index (χ2v) is 10.9. The third-order valence-electron chi connectivity index (χ3n) is 7.87. The summed E-state index contributed by atoms with van der Waals surface area (Å²) < 4.78 is 0. The molecule has 41 heavy (non-hydrogen) atoms. The molecule has 3 N–H and O–H groups in total. The fourth-order valence-electron chi connectivity index (χ4n) is 5.81. The largest absolute Gasteiger partial charge is 0.335 e. The maximum atomic E-state index is 12.7. The number of amides is 1. The standard InChI is InChI=1S/C32H30N8O/c1-19-6-5-9-21(14-19)24-12-13-34-31-28(24)37-32(38-31)30-29-26(39-40-30)11-10-25(36-29)22-16-23(18-33-17-22)35-27(41)15-20-7-3-2-4-8-20/h5-6,9-14,16-18,20H,2-4,7-8,15H2,1H3,(H,35,41)(H,39,40)(H,34,37,38). The second-order valence-electron chi connectivity index (χ2n) is 10.9. The maximum absolute atomic E-state index is 12.7. The van der Waals surface area contributed by atoms with Crippen LogP contribution in [0.1, 0.15) is 44.1 Å². The van der Waals surface area contributed by atoms with Crippen molar-refractivity contribution in [2.75, 3.05) is 5.32 Å². The molecule has 0 bridgehead atoms. The molecule has 1 amide bonds. The van der Waals surface area contributed by atoms with Gasteiger partial charge in [-0.15, -0.1) is 0 Å². The number of nitrogens with one attached hydrogen (secondary N) is 3. The first-order valence-electron chi connectivity index (χ1n) is 14.1. The summed E-state index contributed by atoms with van der Waals surface area (Å²) in [5, 5.41) is 10.7. The van der Waals surface area contributed by atoms with Crippen molar-refractivity contribution in [3.8, 4) is 33.9 Å². The summed E-state index contributed by atoms with van der Waals surface area (Å²) in [4.78, 5) is 34.7. The van der Waals surface area contributed by atoms with Crippen LogP contribution in [-0.2, 0) is 4.79 Å². The molecule has 0 saturated heterocycles. The molecule has 1 saturated carbocycles. The van der Waals surface area contributed by atoms with Crippen LogP contribution < -0.4 is 5.32 Å². The number of aromatic amines is 2. The molecule has 7 rings (SSSR count). The molecule has 9 heteroatoms. The van der Waals surface area contributed by atoms with E-state index in [2.05, 4.69) is 55.6 Å². The number of fused-ring (bicyclic) bond motifs is 2. The summed E-state index contributed by atoms with van der Waals surface area (Å²) >= 11 is 0. The van der Waals surface area contributed by atoms with Crippen LogP contribution in [0.25, 0.3) is 56.1 Å². The first kappa shape index (κ1) is 25.1. The summed E-state index contributed by atoms with van der Waals surface area (Å²) in [5.74, 6) is 1.11. The van der Waals surface area contributed by atoms with Gasteiger partial charge in [-0.2, -0.15) is 5.10 Å². The highest BCUT2D eigenvalue weighted by Crippen LogP contribution is 2.32. The SMILES string of the molecule is Cc1cccc(-c2ccnc3nc(-c4n[nH]c5ccc(-c6cncc(NC(=O)CC7CCCCC7)c6)nc45)[nH]c23)c1. The summed E-state index contributed by atoms with van der Waals surface area (Å²) in [5.41, 5.74) is 9.07. The molecule has 1 fully saturated rings. The number of anilines is 1. The lowest BCUT2D eigenvalue weighted by molar-refractivity contribution is -0.117. The van der Waals surface area contributed by atoms with Crippen molar-refractivity contribution in [1.82, 2.24) is 35.1 Å². The number of hydrogen-bond donors (Lipinski definition) is 3. The summed E-state index contributed by atoms with van der Waals surface area (Å²) in [6, 6.07) is 16.1. The minimum absolute atomic E-state index is 0.0416. The lowest BCUT2D eigenvalue weighted by Crippen LogP contribution is -2.18. The van der Waals surface area contributed by atoms with Crippen LogP contribution in [0.5, 0.6) is 0 Å². The number of H-pyrrole nitrogens is 2. The summed E-state index contributed by atoms with van der Waals surface area (Å²) in [6.45, 7) is 2.08. The Balaban J connectivity index is 1.19. The van der Waals surface area contributed by atoms with Gasteiger partial charge in [0.05, 0.1) is 28.6 Å². The molecule has 204 valence electrons. The highest BCUT2D eigenvalue weighted by atomic mass is 16.1. The number of rotatable bonds is 6. The van der Waals surface area contributed by atoms with Gasteiger partial charge in [-0.3, -0.25) is 14.9 Å². The van der Waals surface area contributed by atoms with E-state index in [9.17, 15) is 4.79 Å². The number of benzene rings is 1. The van der Waals surface area contributed by atoms with Gasteiger partial charge in [-0.05, 0) is 55.5 Å². The molecule has 1 aromatic carbocycles. The quantitative estimate of drug-likeness (QED) is 0.212. The minimum Gasteiger partial charge on any atom is -0.335 e. The van der Waals surface area contributed by atoms with Gasteiger partial charge in [0, 0.05) is 29.9 Å². The van der Waals surface area contributed by atoms with Crippen LogP contribution in [0.15, 0.2) is 67.1 Å². The van der Waals surface area contributed by atoms with Crippen molar-refractivity contribution in [3.05, 3.63) is 72.7 Å². The van der Waals surface area contributed by atoms with Gasteiger partial charge in [-0.25, -0.2) is 15.0 Å². The van der Waals surface area contributed by atoms with Crippen molar-refractivity contribution in [3.63, 3.8) is 0 Å². The first-order valence-corrected chi connectivity index (χ1v) is 14.1. The Morgan fingerprint density at radius 1 is 1.00 bits per heavy atom. The molecule has 6 aromatic rings. The monoisotopic (exact) mass is 542 g/mol. The second kappa shape index (κ2) is 10.6. The molecule has 5 heterocycles. The minimum atomic E-state index is 0.0416. The zero-order valence-electron chi connectivity index (χ0n) is 22.8. The molecular formula is C32H30N8O. The molecule has 9 nitrogen and oxygen atoms in total. The molecule has 0 atom stereocenters. The van der Waals surface area contributed by atoms with Crippen LogP contribution in [0, 0.1) is 12.8 Å². The van der Waals surface area contributed by atoms with Crippen LogP contribution in [0.2, 0.25) is 0 Å². The third kappa shape index (κ3) is 5.06. The fourth-order valence-corrected chi connectivity index (χ4v) is 5.81. The van der Waals surface area contributed by atoms with E-state index in [-0.39, 0.29) is 5.91 Å². The van der Waals surface area contributed by atoms with Crippen molar-refractivity contribution in [2.24, 2.45) is 5.92 Å². The Labute approximate surface area is 236 Å². The van der Waals surface area contributed by atoms with Gasteiger partial charge in [0.15, 0.2) is 17.2 Å². The third-order valence-corrected chi connectivity index (χ3v) is 7.87.